The number of fused-ring (bicyclic) bond motifs is 7. The molecule has 0 unspecified atom stereocenters. The molecule has 0 atom stereocenters. The quantitative estimate of drug-likeness (QED) is 0.398. The van der Waals surface area contributed by atoms with E-state index in [9.17, 15) is 9.18 Å². The molecule has 1 fully saturated rings. The summed E-state index contributed by atoms with van der Waals surface area (Å²) in [5, 5.41) is 9.36. The number of ether oxygens (including phenoxy) is 1. The zero-order chi connectivity index (χ0) is 22.5. The van der Waals surface area contributed by atoms with Gasteiger partial charge in [0.2, 0.25) is 0 Å². The number of methoxy groups -OCH3 is 1. The average molecular weight is 460 g/mol. The maximum Gasteiger partial charge on any atom is 0.296 e. The number of nitrogens with one attached hydrogen (secondary N) is 2. The van der Waals surface area contributed by atoms with Gasteiger partial charge in [-0.05, 0) is 47.6 Å². The minimum Gasteiger partial charge on any atom is -0.468 e. The van der Waals surface area contributed by atoms with Gasteiger partial charge in [0.1, 0.15) is 5.82 Å². The molecule has 0 radical (unpaired) electrons. The van der Waals surface area contributed by atoms with Crippen LogP contribution in [0.5, 0.6) is 6.01 Å². The first kappa shape index (κ1) is 18.8. The molecule has 2 aliphatic carbocycles. The van der Waals surface area contributed by atoms with Crippen molar-refractivity contribution in [3.05, 3.63) is 69.1 Å². The summed E-state index contributed by atoms with van der Waals surface area (Å²) in [4.78, 5) is 25.1. The number of pyridine rings is 1. The van der Waals surface area contributed by atoms with Gasteiger partial charge in [0.15, 0.2) is 0 Å². The van der Waals surface area contributed by atoms with Crippen molar-refractivity contribution in [1.29, 1.82) is 0 Å². The smallest absolute Gasteiger partial charge is 0.296 e. The van der Waals surface area contributed by atoms with Crippen molar-refractivity contribution in [3.8, 4) is 28.4 Å². The lowest BCUT2D eigenvalue weighted by atomic mass is 9.88. The molecule has 0 saturated heterocycles. The van der Waals surface area contributed by atoms with Crippen molar-refractivity contribution >= 4 is 33.3 Å². The highest BCUT2D eigenvalue weighted by Crippen LogP contribution is 2.63. The highest BCUT2D eigenvalue weighted by Gasteiger charge is 2.56. The molecule has 0 aliphatic heterocycles. The standard InChI is InChI=1S/C24H15ClFN5O2/c1-33-23-29-21-17(22(32)30-23)11-4-7-27-20(18(11)24(21)5-6-24)16-12-9-28-31-14(12)8-10-2-3-13(26)19(25)15(10)16/h2-4,7-9H,5-6H2,1H3,(H,28,31)(H,29,30,32). The van der Waals surface area contributed by atoms with Crippen LogP contribution in [-0.4, -0.2) is 32.3 Å². The van der Waals surface area contributed by atoms with Gasteiger partial charge in [-0.3, -0.25) is 19.9 Å². The van der Waals surface area contributed by atoms with Gasteiger partial charge >= 0.3 is 0 Å². The van der Waals surface area contributed by atoms with Crippen LogP contribution in [0.4, 0.5) is 4.39 Å². The number of hydrogen-bond donors (Lipinski definition) is 2. The van der Waals surface area contributed by atoms with Crippen molar-refractivity contribution in [2.24, 2.45) is 0 Å². The van der Waals surface area contributed by atoms with Crippen LogP contribution in [0.1, 0.15) is 24.1 Å². The Morgan fingerprint density at radius 3 is 2.85 bits per heavy atom. The summed E-state index contributed by atoms with van der Waals surface area (Å²) in [6, 6.07) is 6.97. The van der Waals surface area contributed by atoms with Crippen LogP contribution in [0.15, 0.2) is 41.5 Å². The third-order valence-electron chi connectivity index (χ3n) is 6.85. The molecule has 3 aromatic heterocycles. The second-order valence-corrected chi connectivity index (χ2v) is 8.88. The molecular formula is C24H15ClFN5O2. The molecule has 0 amide bonds. The Hall–Kier alpha value is -3.78. The Labute approximate surface area is 190 Å². The van der Waals surface area contributed by atoms with E-state index in [0.29, 0.717) is 27.9 Å². The van der Waals surface area contributed by atoms with E-state index in [2.05, 4.69) is 20.2 Å². The first-order valence-corrected chi connectivity index (χ1v) is 10.8. The monoisotopic (exact) mass is 459 g/mol. The number of benzene rings is 2. The zero-order valence-electron chi connectivity index (χ0n) is 17.3. The molecule has 9 heteroatoms. The molecule has 33 heavy (non-hydrogen) atoms. The zero-order valence-corrected chi connectivity index (χ0v) is 18.0. The van der Waals surface area contributed by atoms with Crippen LogP contribution in [0.25, 0.3) is 44.1 Å². The molecule has 1 saturated carbocycles. The van der Waals surface area contributed by atoms with Gasteiger partial charge in [-0.15, -0.1) is 0 Å². The van der Waals surface area contributed by atoms with Crippen molar-refractivity contribution in [1.82, 2.24) is 25.1 Å². The summed E-state index contributed by atoms with van der Waals surface area (Å²) >= 11 is 6.52. The molecule has 162 valence electrons. The topological polar surface area (TPSA) is 96.6 Å². The third-order valence-corrected chi connectivity index (χ3v) is 7.21. The van der Waals surface area contributed by atoms with E-state index in [0.717, 1.165) is 40.3 Å². The summed E-state index contributed by atoms with van der Waals surface area (Å²) < 4.78 is 19.9. The van der Waals surface area contributed by atoms with Crippen LogP contribution in [0.3, 0.4) is 0 Å². The first-order valence-electron chi connectivity index (χ1n) is 10.5. The number of aromatic amines is 2. The van der Waals surface area contributed by atoms with Crippen LogP contribution in [0.2, 0.25) is 5.02 Å². The van der Waals surface area contributed by atoms with Gasteiger partial charge in [0, 0.05) is 27.9 Å². The van der Waals surface area contributed by atoms with E-state index in [-0.39, 0.29) is 16.6 Å². The van der Waals surface area contributed by atoms with Gasteiger partial charge in [0.25, 0.3) is 11.6 Å². The number of halogens is 2. The SMILES string of the molecule is COc1nc2c(c(=O)[nH]1)-c1ccnc(-c3c4cn[nH]c4cc4ccc(F)c(Cl)c34)c1C21CC1. The molecule has 2 N–H and O–H groups in total. The summed E-state index contributed by atoms with van der Waals surface area (Å²) in [5.41, 5.74) is 4.39. The van der Waals surface area contributed by atoms with E-state index in [1.54, 1.807) is 18.5 Å². The summed E-state index contributed by atoms with van der Waals surface area (Å²) in [6.45, 7) is 0. The molecule has 3 heterocycles. The fraction of sp³-hybridized carbons (Fsp3) is 0.167. The normalized spacial score (nSPS) is 15.2. The lowest BCUT2D eigenvalue weighted by molar-refractivity contribution is 0.376. The largest absolute Gasteiger partial charge is 0.468 e. The number of H-pyrrole nitrogens is 2. The van der Waals surface area contributed by atoms with Gasteiger partial charge in [-0.1, -0.05) is 17.7 Å². The van der Waals surface area contributed by atoms with Crippen LogP contribution < -0.4 is 10.3 Å². The Kier molecular flexibility index (Phi) is 3.51. The van der Waals surface area contributed by atoms with Crippen LogP contribution in [-0.2, 0) is 5.41 Å². The van der Waals surface area contributed by atoms with Crippen molar-refractivity contribution in [2.45, 2.75) is 18.3 Å². The third kappa shape index (κ3) is 2.28. The Bertz CT molecular complexity index is 1720. The van der Waals surface area contributed by atoms with Crippen LogP contribution in [0, 0.1) is 5.82 Å². The van der Waals surface area contributed by atoms with Gasteiger partial charge in [-0.25, -0.2) is 9.37 Å². The second-order valence-electron chi connectivity index (χ2n) is 8.51. The van der Waals surface area contributed by atoms with Gasteiger partial charge in [-0.2, -0.15) is 5.10 Å². The van der Waals surface area contributed by atoms with E-state index >= 15 is 0 Å². The lowest BCUT2D eigenvalue weighted by Crippen LogP contribution is -2.16. The maximum atomic E-state index is 14.6. The fourth-order valence-corrected chi connectivity index (χ4v) is 5.57. The summed E-state index contributed by atoms with van der Waals surface area (Å²) in [6.07, 6.45) is 5.02. The number of hydrogen-bond acceptors (Lipinski definition) is 5. The molecule has 2 aliphatic rings. The maximum absolute atomic E-state index is 14.6. The molecule has 5 aromatic rings. The number of nitrogens with zero attached hydrogens (tertiary/aromatic N) is 3. The highest BCUT2D eigenvalue weighted by atomic mass is 35.5. The van der Waals surface area contributed by atoms with Gasteiger partial charge in [0.05, 0.1) is 40.8 Å². The Morgan fingerprint density at radius 2 is 2.06 bits per heavy atom. The molecule has 7 nitrogen and oxygen atoms in total. The Balaban J connectivity index is 1.65. The van der Waals surface area contributed by atoms with E-state index in [1.807, 2.05) is 12.1 Å². The summed E-state index contributed by atoms with van der Waals surface area (Å²) in [7, 11) is 1.47. The second kappa shape index (κ2) is 6.17. The predicted molar refractivity (Wildman–Crippen MR) is 122 cm³/mol. The van der Waals surface area contributed by atoms with E-state index in [1.165, 1.54) is 13.2 Å². The number of aromatic nitrogens is 5. The molecule has 0 bridgehead atoms. The van der Waals surface area contributed by atoms with Crippen LogP contribution >= 0.6 is 11.6 Å². The predicted octanol–water partition coefficient (Wildman–Crippen LogP) is 4.72. The molecule has 7 rings (SSSR count). The van der Waals surface area contributed by atoms with Crippen molar-refractivity contribution in [3.63, 3.8) is 0 Å². The molecule has 1 spiro atoms. The minimum absolute atomic E-state index is 0.0306. The van der Waals surface area contributed by atoms with Crippen molar-refractivity contribution < 1.29 is 9.13 Å². The molecule has 2 aromatic carbocycles. The average Bonchev–Trinajstić information content (AvgIpc) is 3.39. The highest BCUT2D eigenvalue weighted by molar-refractivity contribution is 6.38. The van der Waals surface area contributed by atoms with E-state index in [4.69, 9.17) is 21.3 Å². The summed E-state index contributed by atoms with van der Waals surface area (Å²) in [5.74, 6) is -0.506. The first-order chi connectivity index (χ1) is 16.0. The minimum atomic E-state index is -0.506. The Morgan fingerprint density at radius 1 is 1.21 bits per heavy atom. The van der Waals surface area contributed by atoms with Gasteiger partial charge < -0.3 is 4.74 Å². The fourth-order valence-electron chi connectivity index (χ4n) is 5.30. The lowest BCUT2D eigenvalue weighted by Gasteiger charge is -2.17. The van der Waals surface area contributed by atoms with E-state index < -0.39 is 11.2 Å². The molecular weight excluding hydrogens is 445 g/mol. The number of rotatable bonds is 2. The van der Waals surface area contributed by atoms with Crippen molar-refractivity contribution in [2.75, 3.05) is 7.11 Å².